The zero-order valence-corrected chi connectivity index (χ0v) is 18.8. The monoisotopic (exact) mass is 539 g/mol. The molecule has 3 unspecified atom stereocenters. The molecule has 2 aromatic rings. The molecule has 0 aromatic carbocycles. The van der Waals surface area contributed by atoms with E-state index in [2.05, 4.69) is 28.1 Å². The molecule has 0 spiro atoms. The van der Waals surface area contributed by atoms with E-state index in [4.69, 9.17) is 25.2 Å². The second kappa shape index (κ2) is 8.35. The first-order chi connectivity index (χ1) is 14.9. The Morgan fingerprint density at radius 1 is 1.18 bits per heavy atom. The Labute approximate surface area is 182 Å². The van der Waals surface area contributed by atoms with Gasteiger partial charge in [-0.2, -0.15) is 8.62 Å². The molecule has 6 atom stereocenters. The van der Waals surface area contributed by atoms with E-state index in [1.54, 1.807) is 0 Å². The lowest BCUT2D eigenvalue weighted by atomic mass is 9.95. The molecule has 0 saturated carbocycles. The maximum Gasteiger partial charge on any atom is 0.490 e. The summed E-state index contributed by atoms with van der Waals surface area (Å²) in [4.78, 5) is 47.1. The molecule has 186 valence electrons. The fraction of sp³-hybridized carbons (Fsp3) is 0.545. The Hall–Kier alpha value is -1.43. The van der Waals surface area contributed by atoms with Gasteiger partial charge in [-0.3, -0.25) is 9.09 Å². The van der Waals surface area contributed by atoms with Crippen molar-refractivity contribution in [2.75, 3.05) is 12.3 Å². The molecule has 0 aliphatic carbocycles. The average Bonchev–Trinajstić information content (AvgIpc) is 3.12. The maximum atomic E-state index is 15.3. The van der Waals surface area contributed by atoms with Gasteiger partial charge in [0.2, 0.25) is 0 Å². The first-order valence-corrected chi connectivity index (χ1v) is 12.9. The number of aliphatic hydroxyl groups is 2. The molecule has 3 heterocycles. The van der Waals surface area contributed by atoms with Crippen LogP contribution in [0.3, 0.4) is 0 Å². The molecular weight excluding hydrogens is 522 g/mol. The number of imidazole rings is 1. The van der Waals surface area contributed by atoms with Gasteiger partial charge in [0.1, 0.15) is 30.2 Å². The molecule has 0 radical (unpaired) electrons. The van der Waals surface area contributed by atoms with E-state index >= 15 is 4.39 Å². The van der Waals surface area contributed by atoms with Gasteiger partial charge in [-0.05, 0) is 6.92 Å². The van der Waals surface area contributed by atoms with Crippen LogP contribution in [0.4, 0.5) is 10.2 Å². The van der Waals surface area contributed by atoms with Crippen LogP contribution in [0.2, 0.25) is 0 Å². The Morgan fingerprint density at radius 2 is 1.82 bits per heavy atom. The lowest BCUT2D eigenvalue weighted by Crippen LogP contribution is -2.49. The van der Waals surface area contributed by atoms with Crippen molar-refractivity contribution in [3.05, 3.63) is 12.7 Å². The third kappa shape index (κ3) is 5.47. The fourth-order valence-corrected chi connectivity index (χ4v) is 5.94. The molecule has 33 heavy (non-hydrogen) atoms. The molecule has 1 aliphatic heterocycles. The van der Waals surface area contributed by atoms with Crippen molar-refractivity contribution in [3.63, 3.8) is 0 Å². The predicted octanol–water partition coefficient (Wildman–Crippen LogP) is -0.942. The van der Waals surface area contributed by atoms with E-state index in [1.165, 1.54) is 0 Å². The Bertz CT molecular complexity index is 1200. The number of aromatic nitrogens is 4. The molecule has 1 aliphatic rings. The van der Waals surface area contributed by atoms with Crippen LogP contribution >= 0.6 is 23.5 Å². The number of hydrogen-bond acceptors (Lipinski definition) is 13. The molecule has 22 heteroatoms. The van der Waals surface area contributed by atoms with Crippen molar-refractivity contribution in [2.24, 2.45) is 0 Å². The van der Waals surface area contributed by atoms with Crippen LogP contribution in [0.25, 0.3) is 11.2 Å². The van der Waals surface area contributed by atoms with Crippen molar-refractivity contribution >= 4 is 40.4 Å². The summed E-state index contributed by atoms with van der Waals surface area (Å²) in [6.07, 6.45) is -2.12. The minimum atomic E-state index is -5.86. The smallest absolute Gasteiger partial charge is 0.384 e. The number of ether oxygens (including phenoxy) is 1. The maximum absolute atomic E-state index is 15.3. The third-order valence-electron chi connectivity index (χ3n) is 4.25. The number of rotatable bonds is 8. The summed E-state index contributed by atoms with van der Waals surface area (Å²) in [7, 11) is -17.2. The molecular formula is C11H17FN5O13P3. The molecule has 0 amide bonds. The number of halogens is 1. The SMILES string of the molecule is C[C@]1(O)C(n2cnc3c(N)ncnc32)O[C@](F)(COP(=O)(O)OP(=O)(O)OP(=O)(O)O)[C@H]1O. The van der Waals surface area contributed by atoms with Crippen LogP contribution in [0, 0.1) is 0 Å². The molecule has 1 saturated heterocycles. The van der Waals surface area contributed by atoms with E-state index in [0.29, 0.717) is 0 Å². The number of alkyl halides is 1. The number of phosphoric ester groups is 1. The highest BCUT2D eigenvalue weighted by Gasteiger charge is 2.64. The summed E-state index contributed by atoms with van der Waals surface area (Å²) in [5, 5.41) is 20.9. The highest BCUT2D eigenvalue weighted by Crippen LogP contribution is 2.66. The molecule has 3 rings (SSSR count). The summed E-state index contributed by atoms with van der Waals surface area (Å²) in [5.41, 5.74) is 3.24. The van der Waals surface area contributed by atoms with E-state index in [-0.39, 0.29) is 17.0 Å². The summed E-state index contributed by atoms with van der Waals surface area (Å²) >= 11 is 0. The van der Waals surface area contributed by atoms with Crippen molar-refractivity contribution in [1.29, 1.82) is 0 Å². The summed E-state index contributed by atoms with van der Waals surface area (Å²) in [6.45, 7) is -0.723. The normalized spacial score (nSPS) is 32.0. The van der Waals surface area contributed by atoms with Crippen molar-refractivity contribution in [2.45, 2.75) is 30.7 Å². The lowest BCUT2D eigenvalue weighted by molar-refractivity contribution is -0.203. The molecule has 0 bridgehead atoms. The second-order valence-electron chi connectivity index (χ2n) is 6.83. The summed E-state index contributed by atoms with van der Waals surface area (Å²) < 4.78 is 66.4. The lowest BCUT2D eigenvalue weighted by Gasteiger charge is -2.27. The first kappa shape index (κ1) is 26.2. The minimum absolute atomic E-state index is 0.0305. The number of fused-ring (bicyclic) bond motifs is 1. The standard InChI is InChI=1S/C11H17FN5O13P3/c1-10(19)8(18)11(12,2-27-32(23,24)30-33(25,26)29-31(20,21)22)28-9(10)17-4-16-5-6(13)14-3-15-7(5)17/h3-4,8-9,18-19H,2H2,1H3,(H,23,24)(H,25,26)(H2,13,14,15)(H2,20,21,22)/t8-,9?,10+,11+/m0/s1. The highest BCUT2D eigenvalue weighted by molar-refractivity contribution is 7.66. The van der Waals surface area contributed by atoms with Crippen LogP contribution in [-0.2, 0) is 31.6 Å². The Morgan fingerprint density at radius 3 is 2.42 bits per heavy atom. The van der Waals surface area contributed by atoms with Gasteiger partial charge in [-0.25, -0.2) is 33.0 Å². The zero-order valence-electron chi connectivity index (χ0n) is 16.1. The predicted molar refractivity (Wildman–Crippen MR) is 100 cm³/mol. The Balaban J connectivity index is 1.81. The van der Waals surface area contributed by atoms with Crippen LogP contribution in [-0.4, -0.2) is 73.5 Å². The van der Waals surface area contributed by atoms with Crippen LogP contribution in [0.15, 0.2) is 12.7 Å². The number of hydrogen-bond donors (Lipinski definition) is 7. The van der Waals surface area contributed by atoms with E-state index in [0.717, 1.165) is 24.1 Å². The molecule has 8 N–H and O–H groups in total. The van der Waals surface area contributed by atoms with Gasteiger partial charge in [0.15, 0.2) is 17.7 Å². The van der Waals surface area contributed by atoms with Crippen molar-refractivity contribution < 1.29 is 65.8 Å². The van der Waals surface area contributed by atoms with Crippen molar-refractivity contribution in [1.82, 2.24) is 19.5 Å². The average molecular weight is 539 g/mol. The molecule has 18 nitrogen and oxygen atoms in total. The van der Waals surface area contributed by atoms with Crippen LogP contribution in [0.1, 0.15) is 13.2 Å². The quantitative estimate of drug-likeness (QED) is 0.199. The number of nitrogens with zero attached hydrogens (tertiary/aromatic N) is 4. The van der Waals surface area contributed by atoms with Crippen molar-refractivity contribution in [3.8, 4) is 0 Å². The number of nitrogen functional groups attached to an aromatic ring is 1. The minimum Gasteiger partial charge on any atom is -0.384 e. The molecule has 2 aromatic heterocycles. The van der Waals surface area contributed by atoms with Gasteiger partial charge in [0.05, 0.1) is 6.33 Å². The van der Waals surface area contributed by atoms with E-state index in [9.17, 15) is 28.8 Å². The molecule has 1 fully saturated rings. The van der Waals surface area contributed by atoms with Gasteiger partial charge < -0.3 is 40.3 Å². The van der Waals surface area contributed by atoms with Gasteiger partial charge in [-0.15, -0.1) is 0 Å². The Kier molecular flexibility index (Phi) is 6.63. The van der Waals surface area contributed by atoms with Crippen LogP contribution < -0.4 is 5.73 Å². The first-order valence-electron chi connectivity index (χ1n) is 8.35. The number of phosphoric acid groups is 3. The van der Waals surface area contributed by atoms with Gasteiger partial charge >= 0.3 is 23.5 Å². The fourth-order valence-electron chi connectivity index (χ4n) is 2.91. The summed E-state index contributed by atoms with van der Waals surface area (Å²) in [5.74, 6) is -3.48. The second-order valence-corrected chi connectivity index (χ2v) is 11.3. The zero-order chi connectivity index (χ0) is 25.0. The number of aliphatic hydroxyl groups excluding tert-OH is 1. The largest absolute Gasteiger partial charge is 0.490 e. The number of anilines is 1. The van der Waals surface area contributed by atoms with Gasteiger partial charge in [0.25, 0.3) is 5.85 Å². The van der Waals surface area contributed by atoms with Gasteiger partial charge in [0, 0.05) is 0 Å². The third-order valence-corrected chi connectivity index (χ3v) is 8.03. The number of nitrogens with two attached hydrogens (primary N) is 1. The van der Waals surface area contributed by atoms with Gasteiger partial charge in [-0.1, -0.05) is 0 Å². The van der Waals surface area contributed by atoms with E-state index < -0.39 is 53.9 Å². The summed E-state index contributed by atoms with van der Waals surface area (Å²) in [6, 6.07) is 0. The topological polar surface area (TPSA) is 279 Å². The van der Waals surface area contributed by atoms with Crippen LogP contribution in [0.5, 0.6) is 0 Å². The van der Waals surface area contributed by atoms with E-state index in [1.807, 2.05) is 0 Å². The highest BCUT2D eigenvalue weighted by atomic mass is 31.3.